The summed E-state index contributed by atoms with van der Waals surface area (Å²) in [6, 6.07) is 0. The average molecular weight is 316 g/mol. The minimum absolute atomic E-state index is 0.152. The first-order chi connectivity index (χ1) is 10.7. The zero-order valence-electron chi connectivity index (χ0n) is 15.4. The van der Waals surface area contributed by atoms with Crippen LogP contribution in [0.1, 0.15) is 73.1 Å². The van der Waals surface area contributed by atoms with E-state index in [1.165, 1.54) is 24.8 Å². The van der Waals surface area contributed by atoms with Crippen molar-refractivity contribution in [1.82, 2.24) is 0 Å². The molecule has 0 heterocycles. The maximum atomic E-state index is 12.1. The summed E-state index contributed by atoms with van der Waals surface area (Å²) in [6.45, 7) is 11.2. The van der Waals surface area contributed by atoms with Crippen molar-refractivity contribution in [2.24, 2.45) is 28.6 Å². The molecular formula is C21H32O2. The highest BCUT2D eigenvalue weighted by molar-refractivity contribution is 5.75. The predicted molar refractivity (Wildman–Crippen MR) is 94.2 cm³/mol. The maximum absolute atomic E-state index is 12.1. The Morgan fingerprint density at radius 3 is 2.61 bits per heavy atom. The fourth-order valence-electron chi connectivity index (χ4n) is 5.87. The molecule has 128 valence electrons. The smallest absolute Gasteiger partial charge is 0.309 e. The molecule has 4 unspecified atom stereocenters. The highest BCUT2D eigenvalue weighted by Gasteiger charge is 2.57. The lowest BCUT2D eigenvalue weighted by atomic mass is 9.46. The van der Waals surface area contributed by atoms with Crippen LogP contribution in [0.5, 0.6) is 0 Å². The van der Waals surface area contributed by atoms with E-state index in [2.05, 4.69) is 33.8 Å². The fraction of sp³-hybridized carbons (Fsp3) is 0.762. The molecule has 0 radical (unpaired) electrons. The van der Waals surface area contributed by atoms with E-state index in [-0.39, 0.29) is 11.3 Å². The van der Waals surface area contributed by atoms with E-state index in [1.54, 1.807) is 11.1 Å². The van der Waals surface area contributed by atoms with Crippen molar-refractivity contribution in [3.8, 4) is 0 Å². The van der Waals surface area contributed by atoms with Gasteiger partial charge in [0.15, 0.2) is 0 Å². The molecule has 23 heavy (non-hydrogen) atoms. The van der Waals surface area contributed by atoms with Gasteiger partial charge < -0.3 is 5.11 Å². The first kappa shape index (κ1) is 16.8. The number of rotatable bonds is 2. The second-order valence-corrected chi connectivity index (χ2v) is 9.04. The molecule has 3 aliphatic rings. The van der Waals surface area contributed by atoms with Crippen LogP contribution >= 0.6 is 0 Å². The third-order valence-electron chi connectivity index (χ3n) is 7.44. The van der Waals surface area contributed by atoms with Crippen LogP contribution in [0, 0.1) is 28.6 Å². The van der Waals surface area contributed by atoms with Gasteiger partial charge in [-0.25, -0.2) is 0 Å². The summed E-state index contributed by atoms with van der Waals surface area (Å²) < 4.78 is 0. The van der Waals surface area contributed by atoms with Crippen LogP contribution in [-0.4, -0.2) is 11.1 Å². The van der Waals surface area contributed by atoms with Gasteiger partial charge in [-0.1, -0.05) is 44.4 Å². The first-order valence-electron chi connectivity index (χ1n) is 9.33. The van der Waals surface area contributed by atoms with Crippen LogP contribution < -0.4 is 0 Å². The van der Waals surface area contributed by atoms with Crippen molar-refractivity contribution in [3.05, 3.63) is 22.8 Å². The summed E-state index contributed by atoms with van der Waals surface area (Å²) in [6.07, 6.45) is 8.91. The summed E-state index contributed by atoms with van der Waals surface area (Å²) in [7, 11) is 0. The molecule has 0 aromatic heterocycles. The van der Waals surface area contributed by atoms with Gasteiger partial charge in [0, 0.05) is 0 Å². The molecule has 1 saturated carbocycles. The second kappa shape index (κ2) is 5.50. The Balaban J connectivity index is 2.07. The van der Waals surface area contributed by atoms with E-state index in [4.69, 9.17) is 0 Å². The lowest BCUT2D eigenvalue weighted by Gasteiger charge is -2.58. The number of aliphatic carboxylic acids is 1. The van der Waals surface area contributed by atoms with Crippen LogP contribution in [0.2, 0.25) is 0 Å². The van der Waals surface area contributed by atoms with Crippen molar-refractivity contribution < 1.29 is 9.90 Å². The van der Waals surface area contributed by atoms with Crippen LogP contribution in [0.3, 0.4) is 0 Å². The predicted octanol–water partition coefficient (Wildman–Crippen LogP) is 5.60. The highest BCUT2D eigenvalue weighted by atomic mass is 16.4. The number of hydrogen-bond acceptors (Lipinski definition) is 1. The molecule has 0 bridgehead atoms. The average Bonchev–Trinajstić information content (AvgIpc) is 2.49. The Kier molecular flexibility index (Phi) is 4.01. The molecule has 1 fully saturated rings. The second-order valence-electron chi connectivity index (χ2n) is 9.04. The largest absolute Gasteiger partial charge is 0.481 e. The minimum atomic E-state index is -0.584. The molecule has 3 rings (SSSR count). The summed E-state index contributed by atoms with van der Waals surface area (Å²) in [5.74, 6) is 0.878. The van der Waals surface area contributed by atoms with Gasteiger partial charge in [0.05, 0.1) is 5.41 Å². The SMILES string of the molecule is CC1=C2C=C(C(C)C)CCC2C2(C)CCCC(C)(C(=O)O)C2C1. The van der Waals surface area contributed by atoms with Gasteiger partial charge in [-0.2, -0.15) is 0 Å². The molecule has 0 aromatic carbocycles. The van der Waals surface area contributed by atoms with Gasteiger partial charge in [-0.3, -0.25) is 4.79 Å². The summed E-state index contributed by atoms with van der Waals surface area (Å²) in [5.41, 5.74) is 4.17. The van der Waals surface area contributed by atoms with Crippen molar-refractivity contribution in [2.45, 2.75) is 73.1 Å². The molecule has 2 heteroatoms. The maximum Gasteiger partial charge on any atom is 0.309 e. The molecule has 2 nitrogen and oxygen atoms in total. The highest BCUT2D eigenvalue weighted by Crippen LogP contribution is 2.63. The van der Waals surface area contributed by atoms with Crippen LogP contribution in [-0.2, 0) is 4.79 Å². The topological polar surface area (TPSA) is 37.3 Å². The zero-order chi connectivity index (χ0) is 17.0. The molecule has 0 saturated heterocycles. The van der Waals surface area contributed by atoms with Gasteiger partial charge in [0.1, 0.15) is 0 Å². The zero-order valence-corrected chi connectivity index (χ0v) is 15.4. The van der Waals surface area contributed by atoms with Gasteiger partial charge >= 0.3 is 5.97 Å². The van der Waals surface area contributed by atoms with Crippen molar-refractivity contribution in [3.63, 3.8) is 0 Å². The molecule has 3 aliphatic carbocycles. The Bertz CT molecular complexity index is 583. The Morgan fingerprint density at radius 1 is 1.30 bits per heavy atom. The molecular weight excluding hydrogens is 284 g/mol. The van der Waals surface area contributed by atoms with E-state index in [1.807, 2.05) is 6.92 Å². The number of carboxylic acid groups (broad SMARTS) is 1. The summed E-state index contributed by atoms with van der Waals surface area (Å²) in [5, 5.41) is 9.92. The number of carboxylic acids is 1. The van der Waals surface area contributed by atoms with Crippen LogP contribution in [0.4, 0.5) is 0 Å². The molecule has 0 spiro atoms. The van der Waals surface area contributed by atoms with E-state index in [9.17, 15) is 9.90 Å². The molecule has 1 N–H and O–H groups in total. The lowest BCUT2D eigenvalue weighted by molar-refractivity contribution is -0.162. The number of allylic oxidation sites excluding steroid dienone is 4. The number of carbonyl (C=O) groups is 1. The van der Waals surface area contributed by atoms with Gasteiger partial charge in [-0.05, 0) is 74.7 Å². The molecule has 0 aromatic rings. The Labute approximate surface area is 141 Å². The van der Waals surface area contributed by atoms with E-state index < -0.39 is 11.4 Å². The first-order valence-corrected chi connectivity index (χ1v) is 9.33. The van der Waals surface area contributed by atoms with Gasteiger partial charge in [0.2, 0.25) is 0 Å². The van der Waals surface area contributed by atoms with E-state index >= 15 is 0 Å². The van der Waals surface area contributed by atoms with Gasteiger partial charge in [0.25, 0.3) is 0 Å². The summed E-state index contributed by atoms with van der Waals surface area (Å²) in [4.78, 5) is 12.1. The minimum Gasteiger partial charge on any atom is -0.481 e. The van der Waals surface area contributed by atoms with Crippen LogP contribution in [0.15, 0.2) is 22.8 Å². The van der Waals surface area contributed by atoms with Gasteiger partial charge in [-0.15, -0.1) is 0 Å². The van der Waals surface area contributed by atoms with Crippen LogP contribution in [0.25, 0.3) is 0 Å². The van der Waals surface area contributed by atoms with E-state index in [0.717, 1.165) is 19.3 Å². The standard InChI is InChI=1S/C21H32O2/c1-13(2)15-7-8-17-16(12-15)14(3)11-18-20(17,4)9-6-10-21(18,5)19(22)23/h12-13,17-18H,6-11H2,1-5H3,(H,22,23). The molecule has 0 amide bonds. The Morgan fingerprint density at radius 2 is 2.00 bits per heavy atom. The van der Waals surface area contributed by atoms with Crippen molar-refractivity contribution in [1.29, 1.82) is 0 Å². The molecule has 0 aliphatic heterocycles. The third kappa shape index (κ3) is 2.40. The normalized spacial score (nSPS) is 40.5. The van der Waals surface area contributed by atoms with Crippen molar-refractivity contribution in [2.75, 3.05) is 0 Å². The monoisotopic (exact) mass is 316 g/mol. The number of fused-ring (bicyclic) bond motifs is 3. The fourth-order valence-corrected chi connectivity index (χ4v) is 5.87. The number of hydrogen-bond donors (Lipinski definition) is 1. The third-order valence-corrected chi connectivity index (χ3v) is 7.44. The van der Waals surface area contributed by atoms with Crippen molar-refractivity contribution >= 4 is 5.97 Å². The van der Waals surface area contributed by atoms with E-state index in [0.29, 0.717) is 11.8 Å². The summed E-state index contributed by atoms with van der Waals surface area (Å²) >= 11 is 0. The quantitative estimate of drug-likeness (QED) is 0.720. The lowest BCUT2D eigenvalue weighted by Crippen LogP contribution is -2.53. The Hall–Kier alpha value is -1.05. The molecule has 4 atom stereocenters.